The van der Waals surface area contributed by atoms with Gasteiger partial charge in [-0.3, -0.25) is 0 Å². The monoisotopic (exact) mass is 688 g/mol. The molecule has 1 aliphatic heterocycles. The standard InChI is InChI=1S/C37H52N6O3SSi/c1-10-19-37(44,42-47(45)35(2,3)4)33-15-12-14-31(41-33)27-22-29(26-17-20-38-21-18-26)30-24-39-43(32(30)23-27)34-16-11-13-28(40-34)25-46-48(8,9)36(5,6)7/h11-17,22-24,38,42,44H,10,18-21,25H2,1-9H3/t37-,47?/m0/s1. The number of pyridine rings is 2. The van der Waals surface area contributed by atoms with Crippen molar-refractivity contribution in [1.82, 2.24) is 29.8 Å². The molecule has 5 rings (SSSR count). The van der Waals surface area contributed by atoms with Gasteiger partial charge in [0.1, 0.15) is 4.75 Å². The van der Waals surface area contributed by atoms with Crippen molar-refractivity contribution >= 4 is 36.2 Å². The summed E-state index contributed by atoms with van der Waals surface area (Å²) in [6, 6.07) is 15.9. The quantitative estimate of drug-likeness (QED) is 0.0849. The maximum Gasteiger partial charge on any atom is 0.200 e. The minimum atomic E-state index is -1.95. The number of aromatic nitrogens is 4. The number of benzene rings is 1. The lowest BCUT2D eigenvalue weighted by molar-refractivity contribution is 0.0101. The van der Waals surface area contributed by atoms with Gasteiger partial charge in [-0.1, -0.05) is 52.3 Å². The molecule has 0 amide bonds. The molecule has 0 saturated carbocycles. The molecule has 4 aromatic rings. The smallest absolute Gasteiger partial charge is 0.200 e. The van der Waals surface area contributed by atoms with Gasteiger partial charge in [-0.25, -0.2) is 14.6 Å². The third kappa shape index (κ3) is 7.94. The van der Waals surface area contributed by atoms with Gasteiger partial charge in [0.05, 0.1) is 35.4 Å². The Morgan fingerprint density at radius 3 is 2.48 bits per heavy atom. The van der Waals surface area contributed by atoms with Crippen LogP contribution in [-0.4, -0.2) is 55.6 Å². The van der Waals surface area contributed by atoms with E-state index in [9.17, 15) is 9.66 Å². The van der Waals surface area contributed by atoms with Crippen molar-refractivity contribution in [3.63, 3.8) is 0 Å². The molecule has 0 aliphatic carbocycles. The number of nitrogens with zero attached hydrogens (tertiary/aromatic N) is 4. The van der Waals surface area contributed by atoms with Crippen molar-refractivity contribution in [2.24, 2.45) is 0 Å². The number of hydrogen-bond donors (Lipinski definition) is 3. The summed E-state index contributed by atoms with van der Waals surface area (Å²) < 4.78 is 24.0. The first-order valence-electron chi connectivity index (χ1n) is 16.9. The Kier molecular flexibility index (Phi) is 10.7. The van der Waals surface area contributed by atoms with E-state index in [1.807, 2.05) is 68.9 Å². The Bertz CT molecular complexity index is 1780. The highest BCUT2D eigenvalue weighted by atomic mass is 32.2. The Labute approximate surface area is 290 Å². The van der Waals surface area contributed by atoms with Crippen LogP contribution in [0.5, 0.6) is 0 Å². The second-order valence-electron chi connectivity index (χ2n) is 15.2. The van der Waals surface area contributed by atoms with Gasteiger partial charge < -0.3 is 19.4 Å². The lowest BCUT2D eigenvalue weighted by atomic mass is 9.94. The van der Waals surface area contributed by atoms with Gasteiger partial charge >= 0.3 is 0 Å². The van der Waals surface area contributed by atoms with E-state index in [0.29, 0.717) is 30.8 Å². The lowest BCUT2D eigenvalue weighted by Crippen LogP contribution is -2.51. The average molecular weight is 689 g/mol. The number of fused-ring (bicyclic) bond motifs is 1. The van der Waals surface area contributed by atoms with Gasteiger partial charge in [0, 0.05) is 28.9 Å². The molecule has 1 aliphatic rings. The van der Waals surface area contributed by atoms with Crippen LogP contribution in [0, 0.1) is 0 Å². The summed E-state index contributed by atoms with van der Waals surface area (Å²) in [5, 5.41) is 21.3. The molecule has 9 nitrogen and oxygen atoms in total. The SMILES string of the molecule is CCC[C@@](O)(N[S+]([O-])C(C)(C)C)c1cccc(-c2cc(C3=CCNCC3)c3cnn(-c4cccc(CO[Si](C)(C)C(C)(C)C)n4)c3c2)n1. The summed E-state index contributed by atoms with van der Waals surface area (Å²) in [6.07, 6.45) is 6.11. The summed E-state index contributed by atoms with van der Waals surface area (Å²) >= 11 is -1.50. The first-order valence-corrected chi connectivity index (χ1v) is 21.0. The van der Waals surface area contributed by atoms with Crippen LogP contribution >= 0.6 is 0 Å². The molecule has 258 valence electrons. The van der Waals surface area contributed by atoms with E-state index in [0.717, 1.165) is 53.1 Å². The Hall–Kier alpha value is -2.90. The topological polar surface area (TPSA) is 120 Å². The molecule has 0 bridgehead atoms. The molecular weight excluding hydrogens is 637 g/mol. The van der Waals surface area contributed by atoms with Crippen molar-refractivity contribution < 1.29 is 14.1 Å². The van der Waals surface area contributed by atoms with Crippen LogP contribution in [-0.2, 0) is 28.1 Å². The highest BCUT2D eigenvalue weighted by Gasteiger charge is 2.40. The van der Waals surface area contributed by atoms with Crippen LogP contribution in [0.1, 0.15) is 84.7 Å². The van der Waals surface area contributed by atoms with E-state index in [4.69, 9.17) is 19.5 Å². The number of nitrogens with one attached hydrogen (secondary N) is 2. The van der Waals surface area contributed by atoms with E-state index in [-0.39, 0.29) is 5.04 Å². The predicted molar refractivity (Wildman–Crippen MR) is 199 cm³/mol. The molecule has 3 N–H and O–H groups in total. The molecule has 48 heavy (non-hydrogen) atoms. The molecule has 0 saturated heterocycles. The second-order valence-corrected chi connectivity index (χ2v) is 22.0. The minimum absolute atomic E-state index is 0.107. The predicted octanol–water partition coefficient (Wildman–Crippen LogP) is 7.38. The summed E-state index contributed by atoms with van der Waals surface area (Å²) in [7, 11) is -1.95. The molecular formula is C37H52N6O3SSi. The zero-order chi connectivity index (χ0) is 34.9. The third-order valence-corrected chi connectivity index (χ3v) is 15.5. The van der Waals surface area contributed by atoms with Crippen molar-refractivity contribution in [2.75, 3.05) is 13.1 Å². The molecule has 4 heterocycles. The fourth-order valence-corrected chi connectivity index (χ4v) is 7.21. The number of aliphatic hydroxyl groups is 1. The summed E-state index contributed by atoms with van der Waals surface area (Å²) in [6.45, 7) is 21.0. The van der Waals surface area contributed by atoms with Crippen molar-refractivity contribution in [3.8, 4) is 17.1 Å². The fourth-order valence-electron chi connectivity index (χ4n) is 5.45. The highest BCUT2D eigenvalue weighted by Crippen LogP contribution is 2.38. The number of hydrogen-bond acceptors (Lipinski definition) is 8. The second kappa shape index (κ2) is 14.1. The Balaban J connectivity index is 1.59. The van der Waals surface area contributed by atoms with E-state index in [2.05, 4.69) is 62.1 Å². The molecule has 0 fully saturated rings. The normalized spacial score (nSPS) is 16.5. The van der Waals surface area contributed by atoms with Gasteiger partial charge in [-0.2, -0.15) is 5.10 Å². The van der Waals surface area contributed by atoms with E-state index >= 15 is 0 Å². The molecule has 1 unspecified atom stereocenters. The number of rotatable bonds is 11. The van der Waals surface area contributed by atoms with Crippen molar-refractivity contribution in [2.45, 2.75) is 103 Å². The largest absolute Gasteiger partial charge is 0.598 e. The zero-order valence-electron chi connectivity index (χ0n) is 30.0. The summed E-state index contributed by atoms with van der Waals surface area (Å²) in [4.78, 5) is 9.99. The summed E-state index contributed by atoms with van der Waals surface area (Å²) in [5.41, 5.74) is 4.64. The minimum Gasteiger partial charge on any atom is -0.598 e. The van der Waals surface area contributed by atoms with Gasteiger partial charge in [0.25, 0.3) is 0 Å². The maximum absolute atomic E-state index is 13.1. The van der Waals surface area contributed by atoms with E-state index < -0.39 is 30.2 Å². The van der Waals surface area contributed by atoms with Crippen molar-refractivity contribution in [1.29, 1.82) is 0 Å². The Morgan fingerprint density at radius 1 is 1.06 bits per heavy atom. The first kappa shape index (κ1) is 36.4. The fraction of sp³-hybridized carbons (Fsp3) is 0.486. The molecule has 1 aromatic carbocycles. The Morgan fingerprint density at radius 2 is 1.81 bits per heavy atom. The van der Waals surface area contributed by atoms with Crippen LogP contribution in [0.4, 0.5) is 0 Å². The molecule has 2 atom stereocenters. The molecule has 3 aromatic heterocycles. The lowest BCUT2D eigenvalue weighted by Gasteiger charge is -2.36. The van der Waals surface area contributed by atoms with Crippen LogP contribution in [0.3, 0.4) is 0 Å². The molecule has 0 radical (unpaired) electrons. The van der Waals surface area contributed by atoms with Crippen LogP contribution in [0.15, 0.2) is 60.8 Å². The van der Waals surface area contributed by atoms with Gasteiger partial charge in [-0.05, 0) is 106 Å². The van der Waals surface area contributed by atoms with E-state index in [1.165, 1.54) is 5.57 Å². The molecule has 11 heteroatoms. The first-order chi connectivity index (χ1) is 22.5. The van der Waals surface area contributed by atoms with Gasteiger partial charge in [0.2, 0.25) is 0 Å². The van der Waals surface area contributed by atoms with Crippen molar-refractivity contribution in [3.05, 3.63) is 77.8 Å². The van der Waals surface area contributed by atoms with Gasteiger partial charge in [-0.15, -0.1) is 4.72 Å². The average Bonchev–Trinajstić information content (AvgIpc) is 3.47. The zero-order valence-corrected chi connectivity index (χ0v) is 31.8. The van der Waals surface area contributed by atoms with E-state index in [1.54, 1.807) is 6.07 Å². The van der Waals surface area contributed by atoms with Crippen LogP contribution < -0.4 is 10.0 Å². The highest BCUT2D eigenvalue weighted by molar-refractivity contribution is 7.90. The van der Waals surface area contributed by atoms with Gasteiger partial charge in [0.15, 0.2) is 19.9 Å². The molecule has 0 spiro atoms. The van der Waals surface area contributed by atoms with Crippen LogP contribution in [0.25, 0.3) is 33.6 Å². The van der Waals surface area contributed by atoms with Crippen LogP contribution in [0.2, 0.25) is 18.1 Å². The summed E-state index contributed by atoms with van der Waals surface area (Å²) in [5.74, 6) is 0.719. The maximum atomic E-state index is 13.1. The third-order valence-electron chi connectivity index (χ3n) is 9.39.